The Balaban J connectivity index is 2.98. The molecular formula is C16H30N2O2S. The molecule has 5 heteroatoms. The van der Waals surface area contributed by atoms with Gasteiger partial charge in [-0.25, -0.2) is 0 Å². The van der Waals surface area contributed by atoms with Crippen LogP contribution in [0.2, 0.25) is 0 Å². The van der Waals surface area contributed by atoms with Crippen molar-refractivity contribution < 1.29 is 9.59 Å². The zero-order valence-corrected chi connectivity index (χ0v) is 14.9. The van der Waals surface area contributed by atoms with Crippen molar-refractivity contribution in [1.29, 1.82) is 0 Å². The summed E-state index contributed by atoms with van der Waals surface area (Å²) in [5.41, 5.74) is -0.693. The summed E-state index contributed by atoms with van der Waals surface area (Å²) in [4.78, 5) is 27.3. The van der Waals surface area contributed by atoms with Gasteiger partial charge in [-0.15, -0.1) is 0 Å². The molecule has 1 rings (SSSR count). The van der Waals surface area contributed by atoms with Crippen molar-refractivity contribution >= 4 is 23.6 Å². The van der Waals surface area contributed by atoms with Gasteiger partial charge in [0, 0.05) is 12.3 Å². The van der Waals surface area contributed by atoms with Gasteiger partial charge >= 0.3 is 0 Å². The summed E-state index contributed by atoms with van der Waals surface area (Å²) in [5.74, 6) is 2.46. The fourth-order valence-electron chi connectivity index (χ4n) is 2.91. The van der Waals surface area contributed by atoms with Crippen LogP contribution in [0.1, 0.15) is 53.9 Å². The Morgan fingerprint density at radius 2 is 1.86 bits per heavy atom. The molecule has 0 spiro atoms. The van der Waals surface area contributed by atoms with Crippen LogP contribution in [0.4, 0.5) is 0 Å². The van der Waals surface area contributed by atoms with E-state index in [1.165, 1.54) is 0 Å². The van der Waals surface area contributed by atoms with E-state index < -0.39 is 5.54 Å². The standard InChI is InChI=1S/C16H30N2O2S/c1-6-16(7-2)15(20)18(9-10-21-8-3)13(11-12(4)5)14(19)17-16/h12-13H,6-11H2,1-5H3,(H,17,19). The Hall–Kier alpha value is -0.710. The number of nitrogens with zero attached hydrogens (tertiary/aromatic N) is 1. The molecule has 0 aromatic rings. The fraction of sp³-hybridized carbons (Fsp3) is 0.875. The number of rotatable bonds is 8. The molecule has 0 radical (unpaired) electrons. The lowest BCUT2D eigenvalue weighted by molar-refractivity contribution is -0.155. The number of carbonyl (C=O) groups is 2. The Kier molecular flexibility index (Phi) is 7.04. The molecule has 0 bridgehead atoms. The van der Waals surface area contributed by atoms with Gasteiger partial charge in [-0.1, -0.05) is 34.6 Å². The third-order valence-corrected chi connectivity index (χ3v) is 5.17. The third kappa shape index (κ3) is 4.15. The van der Waals surface area contributed by atoms with E-state index in [0.29, 0.717) is 25.3 Å². The number of hydrogen-bond acceptors (Lipinski definition) is 3. The van der Waals surface area contributed by atoms with Gasteiger partial charge in [0.2, 0.25) is 11.8 Å². The largest absolute Gasteiger partial charge is 0.340 e. The van der Waals surface area contributed by atoms with Gasteiger partial charge in [0.25, 0.3) is 0 Å². The zero-order chi connectivity index (χ0) is 16.0. The second-order valence-electron chi connectivity index (χ2n) is 6.12. The lowest BCUT2D eigenvalue weighted by Gasteiger charge is -2.46. The van der Waals surface area contributed by atoms with Crippen molar-refractivity contribution in [3.8, 4) is 0 Å². The summed E-state index contributed by atoms with van der Waals surface area (Å²) in [6, 6.07) is -0.304. The maximum Gasteiger partial charge on any atom is 0.249 e. The highest BCUT2D eigenvalue weighted by molar-refractivity contribution is 7.99. The molecule has 1 saturated heterocycles. The minimum absolute atomic E-state index is 0.0218. The number of amides is 2. The number of carbonyl (C=O) groups excluding carboxylic acids is 2. The topological polar surface area (TPSA) is 49.4 Å². The van der Waals surface area contributed by atoms with Gasteiger partial charge in [0.1, 0.15) is 11.6 Å². The maximum atomic E-state index is 12.9. The van der Waals surface area contributed by atoms with Crippen LogP contribution >= 0.6 is 11.8 Å². The summed E-state index contributed by atoms with van der Waals surface area (Å²) in [6.45, 7) is 10.9. The molecule has 1 unspecified atom stereocenters. The van der Waals surface area contributed by atoms with Gasteiger partial charge in [-0.3, -0.25) is 9.59 Å². The lowest BCUT2D eigenvalue weighted by Crippen LogP contribution is -2.70. The predicted molar refractivity (Wildman–Crippen MR) is 89.4 cm³/mol. The van der Waals surface area contributed by atoms with Gasteiger partial charge in [0.15, 0.2) is 0 Å². The Morgan fingerprint density at radius 1 is 1.24 bits per heavy atom. The average molecular weight is 314 g/mol. The van der Waals surface area contributed by atoms with E-state index in [2.05, 4.69) is 26.1 Å². The SMILES string of the molecule is CCSCCN1C(=O)C(CC)(CC)NC(=O)C1CC(C)C. The molecule has 0 aromatic carbocycles. The first-order chi connectivity index (χ1) is 9.91. The molecule has 122 valence electrons. The summed E-state index contributed by atoms with van der Waals surface area (Å²) in [5, 5.41) is 3.02. The fourth-order valence-corrected chi connectivity index (χ4v) is 3.52. The van der Waals surface area contributed by atoms with Crippen LogP contribution in [-0.2, 0) is 9.59 Å². The van der Waals surface area contributed by atoms with Crippen LogP contribution in [0, 0.1) is 5.92 Å². The smallest absolute Gasteiger partial charge is 0.249 e. The molecule has 1 aliphatic rings. The van der Waals surface area contributed by atoms with Crippen LogP contribution in [0.5, 0.6) is 0 Å². The molecule has 0 saturated carbocycles. The predicted octanol–water partition coefficient (Wildman–Crippen LogP) is 2.67. The van der Waals surface area contributed by atoms with Crippen LogP contribution in [0.3, 0.4) is 0 Å². The minimum atomic E-state index is -0.693. The first-order valence-electron chi connectivity index (χ1n) is 8.12. The van der Waals surface area contributed by atoms with Crippen molar-refractivity contribution in [2.45, 2.75) is 65.5 Å². The van der Waals surface area contributed by atoms with E-state index in [9.17, 15) is 9.59 Å². The van der Waals surface area contributed by atoms with Crippen molar-refractivity contribution in [2.75, 3.05) is 18.1 Å². The lowest BCUT2D eigenvalue weighted by atomic mass is 9.85. The normalized spacial score (nSPS) is 21.8. The van der Waals surface area contributed by atoms with Crippen molar-refractivity contribution in [3.05, 3.63) is 0 Å². The molecule has 1 fully saturated rings. The molecule has 1 atom stereocenters. The van der Waals surface area contributed by atoms with Gasteiger partial charge < -0.3 is 10.2 Å². The van der Waals surface area contributed by atoms with Crippen molar-refractivity contribution in [3.63, 3.8) is 0 Å². The first-order valence-corrected chi connectivity index (χ1v) is 9.28. The van der Waals surface area contributed by atoms with Gasteiger partial charge in [0.05, 0.1) is 0 Å². The average Bonchev–Trinajstić information content (AvgIpc) is 2.45. The van der Waals surface area contributed by atoms with E-state index in [0.717, 1.165) is 17.9 Å². The van der Waals surface area contributed by atoms with Crippen molar-refractivity contribution in [2.24, 2.45) is 5.92 Å². The second-order valence-corrected chi connectivity index (χ2v) is 7.51. The van der Waals surface area contributed by atoms with E-state index >= 15 is 0 Å². The molecular weight excluding hydrogens is 284 g/mol. The van der Waals surface area contributed by atoms with Crippen LogP contribution < -0.4 is 5.32 Å². The molecule has 0 aromatic heterocycles. The maximum absolute atomic E-state index is 12.9. The highest BCUT2D eigenvalue weighted by Crippen LogP contribution is 2.27. The highest BCUT2D eigenvalue weighted by atomic mass is 32.2. The summed E-state index contributed by atoms with van der Waals surface area (Å²) in [6.07, 6.45) is 2.04. The Bertz CT molecular complexity index is 367. The van der Waals surface area contributed by atoms with Crippen molar-refractivity contribution in [1.82, 2.24) is 10.2 Å². The molecule has 4 nitrogen and oxygen atoms in total. The molecule has 1 N–H and O–H groups in total. The Labute approximate surface area is 133 Å². The molecule has 1 aliphatic heterocycles. The summed E-state index contributed by atoms with van der Waals surface area (Å²) >= 11 is 1.82. The molecule has 0 aliphatic carbocycles. The monoisotopic (exact) mass is 314 g/mol. The third-order valence-electron chi connectivity index (χ3n) is 4.29. The summed E-state index contributed by atoms with van der Waals surface area (Å²) < 4.78 is 0. The molecule has 21 heavy (non-hydrogen) atoms. The van der Waals surface area contributed by atoms with Crippen LogP contribution in [0.25, 0.3) is 0 Å². The van der Waals surface area contributed by atoms with E-state index in [-0.39, 0.29) is 17.9 Å². The number of hydrogen-bond donors (Lipinski definition) is 1. The zero-order valence-electron chi connectivity index (χ0n) is 14.1. The molecule has 1 heterocycles. The number of piperazine rings is 1. The van der Waals surface area contributed by atoms with E-state index in [1.807, 2.05) is 30.5 Å². The molecule has 2 amide bonds. The van der Waals surface area contributed by atoms with Crippen LogP contribution in [0.15, 0.2) is 0 Å². The summed E-state index contributed by atoms with van der Waals surface area (Å²) in [7, 11) is 0. The number of nitrogens with one attached hydrogen (secondary N) is 1. The quantitative estimate of drug-likeness (QED) is 0.701. The van der Waals surface area contributed by atoms with Crippen LogP contribution in [-0.4, -0.2) is 46.3 Å². The van der Waals surface area contributed by atoms with Gasteiger partial charge in [-0.05, 0) is 30.9 Å². The first kappa shape index (κ1) is 18.3. The Morgan fingerprint density at radius 3 is 2.33 bits per heavy atom. The van der Waals surface area contributed by atoms with E-state index in [4.69, 9.17) is 0 Å². The number of thioether (sulfide) groups is 1. The van der Waals surface area contributed by atoms with E-state index in [1.54, 1.807) is 0 Å². The minimum Gasteiger partial charge on any atom is -0.340 e. The van der Waals surface area contributed by atoms with Gasteiger partial charge in [-0.2, -0.15) is 11.8 Å². The highest BCUT2D eigenvalue weighted by Gasteiger charge is 2.48. The second kappa shape index (κ2) is 8.06.